The van der Waals surface area contributed by atoms with Crippen LogP contribution < -0.4 is 0 Å². The van der Waals surface area contributed by atoms with Crippen molar-refractivity contribution in [1.29, 1.82) is 0 Å². The van der Waals surface area contributed by atoms with Crippen molar-refractivity contribution in [1.82, 2.24) is 14.5 Å². The second kappa shape index (κ2) is 12.1. The highest BCUT2D eigenvalue weighted by molar-refractivity contribution is 6.20. The quantitative estimate of drug-likeness (QED) is 0.163. The predicted octanol–water partition coefficient (Wildman–Crippen LogP) is 13.1. The maximum absolute atomic E-state index is 6.86. The Morgan fingerprint density at radius 3 is 2.15 bits per heavy atom. The van der Waals surface area contributed by atoms with Crippen molar-refractivity contribution in [2.45, 2.75) is 26.2 Å². The molecule has 0 fully saturated rings. The van der Waals surface area contributed by atoms with E-state index in [1.54, 1.807) is 0 Å². The van der Waals surface area contributed by atoms with Crippen LogP contribution in [0.3, 0.4) is 0 Å². The molecule has 4 heteroatoms. The highest BCUT2D eigenvalue weighted by Gasteiger charge is 2.35. The zero-order valence-corrected chi connectivity index (χ0v) is 30.5. The fraction of sp³-hybridized carbons (Fsp3) is 0.0800. The van der Waals surface area contributed by atoms with E-state index in [2.05, 4.69) is 135 Å². The number of para-hydroxylation sites is 1. The summed E-state index contributed by atoms with van der Waals surface area (Å²) in [5.41, 5.74) is 15.1. The summed E-state index contributed by atoms with van der Waals surface area (Å²) >= 11 is 0. The molecule has 1 aliphatic rings. The molecule has 0 spiro atoms. The summed E-state index contributed by atoms with van der Waals surface area (Å²) in [5, 5.41) is 3.27. The number of fused-ring (bicyclic) bond motifs is 8. The van der Waals surface area contributed by atoms with E-state index in [1.807, 2.05) is 54.6 Å². The number of hydrogen-bond donors (Lipinski definition) is 0. The van der Waals surface area contributed by atoms with Gasteiger partial charge in [0.2, 0.25) is 0 Å². The molecule has 3 heterocycles. The Kier molecular flexibility index (Phi) is 7.18. The molecule has 6 aromatic carbocycles. The lowest BCUT2D eigenvalue weighted by molar-refractivity contribution is 0.660. The third-order valence-electron chi connectivity index (χ3n) is 11.2. The fourth-order valence-corrected chi connectivity index (χ4v) is 8.57. The molecule has 0 saturated heterocycles. The van der Waals surface area contributed by atoms with E-state index in [4.69, 9.17) is 14.4 Å². The molecule has 54 heavy (non-hydrogen) atoms. The molecule has 258 valence electrons. The highest BCUT2D eigenvalue weighted by atomic mass is 16.3. The van der Waals surface area contributed by atoms with Crippen molar-refractivity contribution in [2.24, 2.45) is 0 Å². The summed E-state index contributed by atoms with van der Waals surface area (Å²) in [5.74, 6) is 1.41. The Balaban J connectivity index is 1.34. The molecule has 0 amide bonds. The minimum Gasteiger partial charge on any atom is -0.454 e. The number of allylic oxidation sites excluding steroid dienone is 2. The first-order valence-electron chi connectivity index (χ1n) is 18.5. The van der Waals surface area contributed by atoms with E-state index in [9.17, 15) is 0 Å². The minimum atomic E-state index is -0.130. The van der Waals surface area contributed by atoms with Gasteiger partial charge in [0, 0.05) is 38.8 Å². The fourth-order valence-electron chi connectivity index (χ4n) is 8.57. The van der Waals surface area contributed by atoms with Crippen LogP contribution in [0.4, 0.5) is 0 Å². The van der Waals surface area contributed by atoms with Gasteiger partial charge in [-0.2, -0.15) is 0 Å². The number of nitrogens with zero attached hydrogens (tertiary/aromatic N) is 3. The van der Waals surface area contributed by atoms with Gasteiger partial charge in [-0.25, -0.2) is 9.97 Å². The van der Waals surface area contributed by atoms with Crippen LogP contribution in [0.5, 0.6) is 0 Å². The van der Waals surface area contributed by atoms with Crippen LogP contribution in [0, 0.1) is 6.92 Å². The second-order valence-electron chi connectivity index (χ2n) is 14.7. The normalized spacial score (nSPS) is 13.2. The molecule has 0 atom stereocenters. The van der Waals surface area contributed by atoms with Crippen molar-refractivity contribution in [3.63, 3.8) is 0 Å². The van der Waals surface area contributed by atoms with Crippen LogP contribution in [0.25, 0.3) is 89.6 Å². The Bertz CT molecular complexity index is 2920. The molecule has 0 radical (unpaired) electrons. The van der Waals surface area contributed by atoms with Gasteiger partial charge in [-0.1, -0.05) is 148 Å². The zero-order chi connectivity index (χ0) is 36.6. The van der Waals surface area contributed by atoms with Gasteiger partial charge < -0.3 is 4.42 Å². The average Bonchev–Trinajstić information content (AvgIpc) is 3.82. The standard InChI is InChI=1S/C50H37N3O/c1-5-6-24-43-31(2)46-38(34-26-27-36-35-21-13-15-23-40(35)50(3,4)41(36)28-34)29-39-37-22-14-16-25-44(37)54-48(39)47(46)53(43)45-30-42(32-17-9-7-10-18-32)51-49(52-45)33-19-11-8-12-20-33/h5-30H,1H2,2-4H3/b24-6-. The van der Waals surface area contributed by atoms with Crippen LogP contribution in [-0.4, -0.2) is 14.5 Å². The largest absolute Gasteiger partial charge is 0.454 e. The molecule has 9 aromatic rings. The second-order valence-corrected chi connectivity index (χ2v) is 14.7. The monoisotopic (exact) mass is 695 g/mol. The number of benzene rings is 6. The molecule has 10 rings (SSSR count). The molecular formula is C50H37N3O. The smallest absolute Gasteiger partial charge is 0.162 e. The first-order chi connectivity index (χ1) is 26.4. The van der Waals surface area contributed by atoms with Gasteiger partial charge in [0.15, 0.2) is 11.4 Å². The molecule has 0 bridgehead atoms. The molecule has 3 aromatic heterocycles. The molecule has 1 aliphatic carbocycles. The number of rotatable bonds is 6. The van der Waals surface area contributed by atoms with E-state index in [1.165, 1.54) is 27.8 Å². The number of aryl methyl sites for hydroxylation is 1. The lowest BCUT2D eigenvalue weighted by Crippen LogP contribution is -2.14. The van der Waals surface area contributed by atoms with Crippen molar-refractivity contribution < 1.29 is 4.42 Å². The van der Waals surface area contributed by atoms with E-state index >= 15 is 0 Å². The molecule has 0 saturated carbocycles. The first kappa shape index (κ1) is 31.9. The van der Waals surface area contributed by atoms with Crippen molar-refractivity contribution in [2.75, 3.05) is 0 Å². The van der Waals surface area contributed by atoms with Crippen LogP contribution in [0.2, 0.25) is 0 Å². The summed E-state index contributed by atoms with van der Waals surface area (Å²) in [6.07, 6.45) is 5.96. The van der Waals surface area contributed by atoms with E-state index < -0.39 is 0 Å². The van der Waals surface area contributed by atoms with Crippen LogP contribution >= 0.6 is 0 Å². The van der Waals surface area contributed by atoms with E-state index in [-0.39, 0.29) is 5.41 Å². The summed E-state index contributed by atoms with van der Waals surface area (Å²) in [7, 11) is 0. The summed E-state index contributed by atoms with van der Waals surface area (Å²) < 4.78 is 9.13. The van der Waals surface area contributed by atoms with E-state index in [0.717, 1.165) is 72.3 Å². The van der Waals surface area contributed by atoms with Crippen molar-refractivity contribution in [3.8, 4) is 50.7 Å². The van der Waals surface area contributed by atoms with E-state index in [0.29, 0.717) is 5.82 Å². The van der Waals surface area contributed by atoms with Gasteiger partial charge >= 0.3 is 0 Å². The summed E-state index contributed by atoms with van der Waals surface area (Å²) in [4.78, 5) is 10.5. The van der Waals surface area contributed by atoms with Crippen LogP contribution in [-0.2, 0) is 5.41 Å². The summed E-state index contributed by atoms with van der Waals surface area (Å²) in [6, 6.07) is 49.1. The average molecular weight is 696 g/mol. The van der Waals surface area contributed by atoms with Gasteiger partial charge in [-0.3, -0.25) is 4.57 Å². The topological polar surface area (TPSA) is 43.9 Å². The Hall–Kier alpha value is -6.78. The lowest BCUT2D eigenvalue weighted by atomic mass is 9.81. The third kappa shape index (κ3) is 4.77. The molecular weight excluding hydrogens is 659 g/mol. The van der Waals surface area contributed by atoms with Crippen molar-refractivity contribution in [3.05, 3.63) is 181 Å². The summed E-state index contributed by atoms with van der Waals surface area (Å²) in [6.45, 7) is 10.9. The number of aromatic nitrogens is 3. The Labute approximate surface area is 314 Å². The zero-order valence-electron chi connectivity index (χ0n) is 30.5. The van der Waals surface area contributed by atoms with Gasteiger partial charge in [0.25, 0.3) is 0 Å². The van der Waals surface area contributed by atoms with Gasteiger partial charge in [0.05, 0.1) is 16.9 Å². The van der Waals surface area contributed by atoms with Gasteiger partial charge in [-0.15, -0.1) is 0 Å². The Morgan fingerprint density at radius 1 is 0.648 bits per heavy atom. The predicted molar refractivity (Wildman–Crippen MR) is 224 cm³/mol. The van der Waals surface area contributed by atoms with Crippen molar-refractivity contribution >= 4 is 38.9 Å². The lowest BCUT2D eigenvalue weighted by Gasteiger charge is -2.22. The number of furan rings is 1. The molecule has 4 nitrogen and oxygen atoms in total. The highest BCUT2D eigenvalue weighted by Crippen LogP contribution is 2.51. The van der Waals surface area contributed by atoms with Gasteiger partial charge in [0.1, 0.15) is 11.4 Å². The molecule has 0 aliphatic heterocycles. The third-order valence-corrected chi connectivity index (χ3v) is 11.2. The first-order valence-corrected chi connectivity index (χ1v) is 18.5. The van der Waals surface area contributed by atoms with Crippen LogP contribution in [0.15, 0.2) is 163 Å². The maximum atomic E-state index is 6.86. The minimum absolute atomic E-state index is 0.130. The van der Waals surface area contributed by atoms with Crippen LogP contribution in [0.1, 0.15) is 36.2 Å². The SMILES string of the molecule is C=C/C=C\c1c(C)c2c(-c3ccc4c(c3)C(C)(C)c3ccccc3-4)cc3c4ccccc4oc3c2n1-c1cc(-c2ccccc2)nc(-c2ccccc2)n1. The Morgan fingerprint density at radius 2 is 1.35 bits per heavy atom. The molecule has 0 unspecified atom stereocenters. The maximum Gasteiger partial charge on any atom is 0.162 e. The van der Waals surface area contributed by atoms with Gasteiger partial charge in [-0.05, 0) is 70.1 Å². The molecule has 0 N–H and O–H groups in total. The number of hydrogen-bond acceptors (Lipinski definition) is 3.